The van der Waals surface area contributed by atoms with Crippen LogP contribution in [0.5, 0.6) is 0 Å². The molecular weight excluding hydrogens is 162 g/mol. The van der Waals surface area contributed by atoms with Crippen molar-refractivity contribution in [1.82, 2.24) is 5.32 Å². The molecule has 70 valence electrons. The van der Waals surface area contributed by atoms with E-state index in [1.165, 1.54) is 5.56 Å². The number of aliphatic hydroxyl groups excluding tert-OH is 1. The quantitative estimate of drug-likeness (QED) is 0.665. The third-order valence-corrected chi connectivity index (χ3v) is 1.89. The largest absolute Gasteiger partial charge is 0.394 e. The van der Waals surface area contributed by atoms with Crippen molar-refractivity contribution in [3.8, 4) is 0 Å². The summed E-state index contributed by atoms with van der Waals surface area (Å²) in [5, 5.41) is 12.0. The molecular formula is C11H15NO. The van der Waals surface area contributed by atoms with Gasteiger partial charge in [-0.25, -0.2) is 0 Å². The van der Waals surface area contributed by atoms with Crippen molar-refractivity contribution in [3.63, 3.8) is 0 Å². The van der Waals surface area contributed by atoms with Crippen molar-refractivity contribution in [2.75, 3.05) is 6.61 Å². The molecule has 1 rings (SSSR count). The molecule has 2 N–H and O–H groups in total. The van der Waals surface area contributed by atoms with Gasteiger partial charge in [-0.1, -0.05) is 36.4 Å². The van der Waals surface area contributed by atoms with Gasteiger partial charge in [0.1, 0.15) is 0 Å². The summed E-state index contributed by atoms with van der Waals surface area (Å²) in [7, 11) is 0. The lowest BCUT2D eigenvalue weighted by molar-refractivity contribution is 0.264. The molecule has 0 aliphatic heterocycles. The first-order chi connectivity index (χ1) is 6.36. The number of rotatable bonds is 5. The Balaban J connectivity index is 2.38. The van der Waals surface area contributed by atoms with E-state index in [0.717, 1.165) is 6.54 Å². The lowest BCUT2D eigenvalue weighted by Gasteiger charge is -2.11. The van der Waals surface area contributed by atoms with E-state index < -0.39 is 0 Å². The molecule has 0 bridgehead atoms. The van der Waals surface area contributed by atoms with Crippen molar-refractivity contribution >= 4 is 0 Å². The maximum absolute atomic E-state index is 8.87. The molecule has 2 nitrogen and oxygen atoms in total. The fourth-order valence-corrected chi connectivity index (χ4v) is 1.07. The van der Waals surface area contributed by atoms with E-state index in [4.69, 9.17) is 5.11 Å². The second-order valence-corrected chi connectivity index (χ2v) is 2.89. The van der Waals surface area contributed by atoms with Crippen LogP contribution in [0.1, 0.15) is 5.56 Å². The Morgan fingerprint density at radius 1 is 1.38 bits per heavy atom. The predicted molar refractivity (Wildman–Crippen MR) is 54.4 cm³/mol. The minimum Gasteiger partial charge on any atom is -0.394 e. The Morgan fingerprint density at radius 2 is 2.08 bits per heavy atom. The summed E-state index contributed by atoms with van der Waals surface area (Å²) in [4.78, 5) is 0. The van der Waals surface area contributed by atoms with Crippen LogP contribution >= 0.6 is 0 Å². The average molecular weight is 177 g/mol. The van der Waals surface area contributed by atoms with Crippen molar-refractivity contribution in [2.45, 2.75) is 12.6 Å². The highest BCUT2D eigenvalue weighted by Gasteiger charge is 1.99. The third kappa shape index (κ3) is 3.40. The Labute approximate surface area is 78.9 Å². The highest BCUT2D eigenvalue weighted by Crippen LogP contribution is 1.98. The summed E-state index contributed by atoms with van der Waals surface area (Å²) in [5.74, 6) is 0. The van der Waals surface area contributed by atoms with Gasteiger partial charge in [0.05, 0.1) is 6.61 Å². The standard InChI is InChI=1S/C11H15NO/c1-2-11(9-13)12-8-10-6-4-3-5-7-10/h2-7,11-13H,1,8-9H2/t11-/m0/s1. The first kappa shape index (κ1) is 9.96. The second-order valence-electron chi connectivity index (χ2n) is 2.89. The Bertz CT molecular complexity index is 246. The molecule has 0 unspecified atom stereocenters. The molecule has 0 heterocycles. The highest BCUT2D eigenvalue weighted by molar-refractivity contribution is 5.14. The molecule has 0 amide bonds. The van der Waals surface area contributed by atoms with Crippen LogP contribution in [0.25, 0.3) is 0 Å². The van der Waals surface area contributed by atoms with E-state index in [1.54, 1.807) is 6.08 Å². The lowest BCUT2D eigenvalue weighted by atomic mass is 10.2. The van der Waals surface area contributed by atoms with E-state index >= 15 is 0 Å². The van der Waals surface area contributed by atoms with Crippen LogP contribution in [-0.4, -0.2) is 17.8 Å². The van der Waals surface area contributed by atoms with Crippen LogP contribution < -0.4 is 5.32 Å². The number of nitrogens with one attached hydrogen (secondary N) is 1. The summed E-state index contributed by atoms with van der Waals surface area (Å²) in [5.41, 5.74) is 1.21. The Kier molecular flexibility index (Phi) is 4.23. The monoisotopic (exact) mass is 177 g/mol. The molecule has 1 aromatic carbocycles. The van der Waals surface area contributed by atoms with Gasteiger partial charge in [-0.2, -0.15) is 0 Å². The van der Waals surface area contributed by atoms with E-state index in [1.807, 2.05) is 30.3 Å². The zero-order valence-corrected chi connectivity index (χ0v) is 7.61. The second kappa shape index (κ2) is 5.51. The zero-order chi connectivity index (χ0) is 9.52. The molecule has 0 aliphatic rings. The van der Waals surface area contributed by atoms with E-state index in [9.17, 15) is 0 Å². The van der Waals surface area contributed by atoms with Crippen LogP contribution in [-0.2, 0) is 6.54 Å². The number of aliphatic hydroxyl groups is 1. The molecule has 2 heteroatoms. The smallest absolute Gasteiger partial charge is 0.0620 e. The summed E-state index contributed by atoms with van der Waals surface area (Å²) in [6.07, 6.45) is 1.71. The van der Waals surface area contributed by atoms with Crippen LogP contribution in [0.3, 0.4) is 0 Å². The molecule has 0 fully saturated rings. The van der Waals surface area contributed by atoms with E-state index in [0.29, 0.717) is 0 Å². The van der Waals surface area contributed by atoms with Gasteiger partial charge in [0.15, 0.2) is 0 Å². The van der Waals surface area contributed by atoms with Gasteiger partial charge < -0.3 is 10.4 Å². The Morgan fingerprint density at radius 3 is 2.62 bits per heavy atom. The Hall–Kier alpha value is -1.12. The van der Waals surface area contributed by atoms with Gasteiger partial charge in [-0.3, -0.25) is 0 Å². The topological polar surface area (TPSA) is 32.3 Å². The molecule has 1 aromatic rings. The van der Waals surface area contributed by atoms with Crippen LogP contribution in [0.4, 0.5) is 0 Å². The lowest BCUT2D eigenvalue weighted by Crippen LogP contribution is -2.29. The molecule has 0 aliphatic carbocycles. The molecule has 0 radical (unpaired) electrons. The molecule has 0 saturated carbocycles. The molecule has 13 heavy (non-hydrogen) atoms. The molecule has 0 aromatic heterocycles. The van der Waals surface area contributed by atoms with Gasteiger partial charge in [0, 0.05) is 12.6 Å². The highest BCUT2D eigenvalue weighted by atomic mass is 16.3. The van der Waals surface area contributed by atoms with Gasteiger partial charge in [0.2, 0.25) is 0 Å². The molecule has 1 atom stereocenters. The summed E-state index contributed by atoms with van der Waals surface area (Å²) in [6, 6.07) is 10.1. The van der Waals surface area contributed by atoms with Crippen molar-refractivity contribution < 1.29 is 5.11 Å². The summed E-state index contributed by atoms with van der Waals surface area (Å²) in [6.45, 7) is 4.48. The van der Waals surface area contributed by atoms with E-state index in [2.05, 4.69) is 11.9 Å². The zero-order valence-electron chi connectivity index (χ0n) is 7.61. The van der Waals surface area contributed by atoms with Crippen molar-refractivity contribution in [1.29, 1.82) is 0 Å². The van der Waals surface area contributed by atoms with Gasteiger partial charge in [0.25, 0.3) is 0 Å². The fraction of sp³-hybridized carbons (Fsp3) is 0.273. The fourth-order valence-electron chi connectivity index (χ4n) is 1.07. The minimum absolute atomic E-state index is 0.0137. The normalized spacial score (nSPS) is 12.4. The van der Waals surface area contributed by atoms with Gasteiger partial charge in [-0.15, -0.1) is 6.58 Å². The first-order valence-corrected chi connectivity index (χ1v) is 4.37. The van der Waals surface area contributed by atoms with Crippen LogP contribution in [0, 0.1) is 0 Å². The predicted octanol–water partition coefficient (Wildman–Crippen LogP) is 1.32. The van der Waals surface area contributed by atoms with Crippen molar-refractivity contribution in [3.05, 3.63) is 48.6 Å². The summed E-state index contributed by atoms with van der Waals surface area (Å²) >= 11 is 0. The van der Waals surface area contributed by atoms with E-state index in [-0.39, 0.29) is 12.6 Å². The first-order valence-electron chi connectivity index (χ1n) is 4.37. The minimum atomic E-state index is -0.0137. The SMILES string of the molecule is C=C[C@@H](CO)NCc1ccccc1. The number of hydrogen-bond acceptors (Lipinski definition) is 2. The maximum atomic E-state index is 8.87. The maximum Gasteiger partial charge on any atom is 0.0620 e. The molecule has 0 spiro atoms. The third-order valence-electron chi connectivity index (χ3n) is 1.89. The summed E-state index contributed by atoms with van der Waals surface area (Å²) < 4.78 is 0. The van der Waals surface area contributed by atoms with Gasteiger partial charge >= 0.3 is 0 Å². The average Bonchev–Trinajstić information content (AvgIpc) is 2.21. The van der Waals surface area contributed by atoms with Gasteiger partial charge in [-0.05, 0) is 5.56 Å². The molecule has 0 saturated heterocycles. The number of benzene rings is 1. The van der Waals surface area contributed by atoms with Crippen molar-refractivity contribution in [2.24, 2.45) is 0 Å². The van der Waals surface area contributed by atoms with Crippen LogP contribution in [0.15, 0.2) is 43.0 Å². The number of hydrogen-bond donors (Lipinski definition) is 2. The van der Waals surface area contributed by atoms with Crippen LogP contribution in [0.2, 0.25) is 0 Å².